The maximum Gasteiger partial charge on any atom is 0.490 e. The molecule has 0 unspecified atom stereocenters. The van der Waals surface area contributed by atoms with Gasteiger partial charge in [0.15, 0.2) is 0 Å². The number of carboxylic acid groups (broad SMARTS) is 5. The molecule has 1 aliphatic heterocycles. The summed E-state index contributed by atoms with van der Waals surface area (Å²) in [6, 6.07) is 7.60. The molecule has 4 bridgehead atoms. The maximum absolute atomic E-state index is 13.9. The second kappa shape index (κ2) is 34.0. The first-order valence-corrected chi connectivity index (χ1v) is 21.2. The first-order valence-electron chi connectivity index (χ1n) is 20.9. The van der Waals surface area contributed by atoms with E-state index < -0.39 is 90.7 Å². The maximum atomic E-state index is 13.9. The molecule has 0 spiro atoms. The van der Waals surface area contributed by atoms with E-state index in [4.69, 9.17) is 84.0 Å². The molecule has 1 aliphatic rings. The Morgan fingerprint density at radius 3 is 1.37 bits per heavy atom. The van der Waals surface area contributed by atoms with E-state index in [-0.39, 0.29) is 30.9 Å². The molecule has 0 aliphatic carbocycles. The number of carbonyl (C=O) groups excluding carboxylic acids is 3. The van der Waals surface area contributed by atoms with E-state index >= 15 is 0 Å². The van der Waals surface area contributed by atoms with Crippen molar-refractivity contribution >= 4 is 59.2 Å². The van der Waals surface area contributed by atoms with Gasteiger partial charge >= 0.3 is 60.7 Å². The fourth-order valence-corrected chi connectivity index (χ4v) is 5.39. The highest BCUT2D eigenvalue weighted by Crippen LogP contribution is 2.31. The van der Waals surface area contributed by atoms with Gasteiger partial charge in [-0.2, -0.15) is 65.9 Å². The van der Waals surface area contributed by atoms with Crippen LogP contribution in [0.1, 0.15) is 24.0 Å². The quantitative estimate of drug-likeness (QED) is 0.144. The van der Waals surface area contributed by atoms with E-state index in [0.717, 1.165) is 11.1 Å². The van der Waals surface area contributed by atoms with E-state index in [0.29, 0.717) is 68.4 Å². The van der Waals surface area contributed by atoms with Gasteiger partial charge in [-0.15, -0.1) is 0 Å². The van der Waals surface area contributed by atoms with E-state index in [9.17, 15) is 85.3 Å². The molecule has 0 radical (unpaired) electrons. The SMILES string of the molecule is CN1C(=O)[C@H](CCCN)NC(=O)[C@@H](N)Cc2cc(ccc2O)-c2ccc(Cl)c(c2)C[C@H]1C(=O)NCCN(CCN)CCN.O=C(O)C(F)(F)F.O=C(O)C(F)(F)F.O=C(O)C(F)(F)F.O=C(O)C(F)(F)F.O=C(O)C(F)(F)F. The number of likely N-dealkylation sites (N-methyl/N-ethyl adjacent to an activating group) is 1. The van der Waals surface area contributed by atoms with Crippen molar-refractivity contribution in [1.82, 2.24) is 20.4 Å². The number of benzene rings is 2. The molecule has 2 aromatic rings. The highest BCUT2D eigenvalue weighted by molar-refractivity contribution is 6.31. The normalized spacial score (nSPS) is 15.8. The van der Waals surface area contributed by atoms with Crippen LogP contribution in [0.25, 0.3) is 11.1 Å². The zero-order chi connectivity index (χ0) is 61.9. The van der Waals surface area contributed by atoms with Crippen molar-refractivity contribution in [1.29, 1.82) is 0 Å². The van der Waals surface area contributed by atoms with Crippen LogP contribution in [0.2, 0.25) is 5.02 Å². The van der Waals surface area contributed by atoms with E-state index in [1.165, 1.54) is 4.90 Å². The molecule has 78 heavy (non-hydrogen) atoms. The number of halogens is 16. The average Bonchev–Trinajstić information content (AvgIpc) is 3.29. The highest BCUT2D eigenvalue weighted by Gasteiger charge is 2.41. The van der Waals surface area contributed by atoms with Gasteiger partial charge in [-0.1, -0.05) is 23.7 Å². The number of phenolic OH excluding ortho intramolecular Hbond substituents is 1. The number of rotatable bonds is 11. The topological polar surface area (TPSA) is 393 Å². The zero-order valence-electron chi connectivity index (χ0n) is 39.7. The summed E-state index contributed by atoms with van der Waals surface area (Å²) in [5, 5.41) is 52.3. The number of nitrogens with one attached hydrogen (secondary N) is 2. The van der Waals surface area contributed by atoms with Gasteiger partial charge in [0.25, 0.3) is 0 Å². The molecule has 22 nitrogen and oxygen atoms in total. The van der Waals surface area contributed by atoms with Crippen molar-refractivity contribution in [2.45, 2.75) is 74.7 Å². The Morgan fingerprint density at radius 1 is 0.641 bits per heavy atom. The second-order valence-corrected chi connectivity index (χ2v) is 15.3. The Bertz CT molecular complexity index is 2150. The number of nitrogens with two attached hydrogens (primary N) is 4. The van der Waals surface area contributed by atoms with Gasteiger partial charge in [-0.05, 0) is 65.9 Å². The van der Waals surface area contributed by atoms with Crippen molar-refractivity contribution in [3.8, 4) is 16.9 Å². The lowest BCUT2D eigenvalue weighted by Crippen LogP contribution is -2.57. The highest BCUT2D eigenvalue weighted by atomic mass is 35.5. The van der Waals surface area contributed by atoms with Crippen molar-refractivity contribution in [3.63, 3.8) is 0 Å². The van der Waals surface area contributed by atoms with Gasteiger partial charge < -0.3 is 69.1 Å². The largest absolute Gasteiger partial charge is 0.508 e. The molecule has 3 rings (SSSR count). The minimum Gasteiger partial charge on any atom is -0.508 e. The van der Waals surface area contributed by atoms with E-state index in [1.54, 1.807) is 31.3 Å². The summed E-state index contributed by atoms with van der Waals surface area (Å²) in [5.74, 6) is -15.1. The lowest BCUT2D eigenvalue weighted by Gasteiger charge is -2.32. The number of hydrogen-bond donors (Lipinski definition) is 12. The molecule has 0 saturated carbocycles. The van der Waals surface area contributed by atoms with Crippen LogP contribution in [0.5, 0.6) is 5.75 Å². The van der Waals surface area contributed by atoms with Gasteiger partial charge in [-0.25, -0.2) is 24.0 Å². The summed E-state index contributed by atoms with van der Waals surface area (Å²) >= 11 is 6.63. The van der Waals surface area contributed by atoms with Crippen LogP contribution in [0.15, 0.2) is 36.4 Å². The Morgan fingerprint density at radius 2 is 1.01 bits per heavy atom. The summed E-state index contributed by atoms with van der Waals surface area (Å²) in [6.07, 6.45) is -24.5. The van der Waals surface area contributed by atoms with Gasteiger partial charge in [0, 0.05) is 64.2 Å². The minimum absolute atomic E-state index is 0.00854. The van der Waals surface area contributed by atoms with Crippen LogP contribution in [0.3, 0.4) is 0 Å². The summed E-state index contributed by atoms with van der Waals surface area (Å²) < 4.78 is 159. The van der Waals surface area contributed by atoms with Crippen LogP contribution in [-0.4, -0.2) is 190 Å². The Labute approximate surface area is 434 Å². The van der Waals surface area contributed by atoms with E-state index in [2.05, 4.69) is 15.5 Å². The predicted octanol–water partition coefficient (Wildman–Crippen LogP) is 2.69. The molecule has 0 saturated heterocycles. The number of fused-ring (bicyclic) bond motifs is 5. The summed E-state index contributed by atoms with van der Waals surface area (Å²) in [5.41, 5.74) is 26.1. The lowest BCUT2D eigenvalue weighted by atomic mass is 9.95. The molecule has 16 N–H and O–H groups in total. The molecular formula is C40H50ClF15N8O14. The molecule has 3 amide bonds. The van der Waals surface area contributed by atoms with Crippen LogP contribution >= 0.6 is 11.6 Å². The van der Waals surface area contributed by atoms with Gasteiger partial charge in [0.2, 0.25) is 17.7 Å². The van der Waals surface area contributed by atoms with Gasteiger partial charge in [0.05, 0.1) is 6.04 Å². The number of aliphatic carboxylic acids is 5. The number of hydrogen-bond acceptors (Lipinski definition) is 14. The van der Waals surface area contributed by atoms with Crippen LogP contribution in [-0.2, 0) is 51.2 Å². The Kier molecular flexibility index (Phi) is 32.8. The molecule has 38 heteroatoms. The van der Waals surface area contributed by atoms with Crippen molar-refractivity contribution in [2.24, 2.45) is 22.9 Å². The first kappa shape index (κ1) is 75.3. The number of nitrogens with zero attached hydrogens (tertiary/aromatic N) is 2. The second-order valence-electron chi connectivity index (χ2n) is 14.8. The standard InChI is InChI=1S/C30H45ClN8O4.5C2HF3O2/c1-38-26(29(42)36-11-14-39(12-9-33)13-10-34)18-21-15-19(4-6-23(21)31)20-5-7-27(40)22(16-20)17-24(35)28(41)37-25(30(38)43)3-2-8-32;5*3-2(4,5)1(6)7/h4-7,15-16,24-26,40H,2-3,8-14,17-18,32-35H2,1H3,(H,36,42)(H,37,41);5*(H,6,7)/t24-,25-,26-;;;;;/m0...../s1. The first-order chi connectivity index (χ1) is 35.3. The average molecular weight is 1190 g/mol. The van der Waals surface area contributed by atoms with E-state index in [1.807, 2.05) is 12.1 Å². The van der Waals surface area contributed by atoms with Crippen LogP contribution in [0.4, 0.5) is 65.9 Å². The number of alkyl halides is 15. The predicted molar refractivity (Wildman–Crippen MR) is 237 cm³/mol. The number of aromatic hydroxyl groups is 1. The third kappa shape index (κ3) is 31.3. The molecular weight excluding hydrogens is 1140 g/mol. The fourth-order valence-electron chi connectivity index (χ4n) is 5.20. The number of amides is 3. The molecule has 1 heterocycles. The van der Waals surface area contributed by atoms with Crippen molar-refractivity contribution in [3.05, 3.63) is 52.5 Å². The summed E-state index contributed by atoms with van der Waals surface area (Å²) in [6.45, 7) is 3.38. The minimum atomic E-state index is -5.08. The van der Waals surface area contributed by atoms with Gasteiger partial charge in [-0.3, -0.25) is 19.3 Å². The van der Waals surface area contributed by atoms with Crippen LogP contribution in [0, 0.1) is 0 Å². The molecule has 2 aromatic carbocycles. The lowest BCUT2D eigenvalue weighted by molar-refractivity contribution is -0.193. The molecule has 0 fully saturated rings. The third-order valence-electron chi connectivity index (χ3n) is 8.91. The smallest absolute Gasteiger partial charge is 0.490 e. The number of carboxylic acids is 5. The molecule has 446 valence electrons. The fraction of sp³-hybridized carbons (Fsp3) is 0.500. The zero-order valence-corrected chi connectivity index (χ0v) is 40.4. The number of phenols is 1. The van der Waals surface area contributed by atoms with Crippen molar-refractivity contribution < 1.29 is 135 Å². The Hall–Kier alpha value is -6.96. The number of carbonyl (C=O) groups is 8. The molecule has 3 atom stereocenters. The summed E-state index contributed by atoms with van der Waals surface area (Å²) in [7, 11) is 1.54. The van der Waals surface area contributed by atoms with Crippen molar-refractivity contribution in [2.75, 3.05) is 52.9 Å². The van der Waals surface area contributed by atoms with Gasteiger partial charge in [0.1, 0.15) is 17.8 Å². The summed E-state index contributed by atoms with van der Waals surface area (Å²) in [4.78, 5) is 88.6. The third-order valence-corrected chi connectivity index (χ3v) is 9.28. The molecule has 0 aromatic heterocycles. The van der Waals surface area contributed by atoms with Crippen LogP contribution < -0.4 is 33.6 Å². The Balaban J connectivity index is -0.00000128. The monoisotopic (exact) mass is 1190 g/mol.